The molecule has 0 aliphatic rings. The lowest BCUT2D eigenvalue weighted by atomic mass is 10.1. The normalized spacial score (nSPS) is 11.9. The minimum atomic E-state index is -4.09. The van der Waals surface area contributed by atoms with Gasteiger partial charge in [0.15, 0.2) is 0 Å². The molecular weight excluding hydrogens is 570 g/mol. The van der Waals surface area contributed by atoms with E-state index in [9.17, 15) is 18.0 Å². The molecule has 0 fully saturated rings. The highest BCUT2D eigenvalue weighted by Gasteiger charge is 2.33. The molecule has 0 bridgehead atoms. The first-order valence-corrected chi connectivity index (χ1v) is 14.5. The van der Waals surface area contributed by atoms with Crippen molar-refractivity contribution in [3.63, 3.8) is 0 Å². The fourth-order valence-corrected chi connectivity index (χ4v) is 5.69. The summed E-state index contributed by atoms with van der Waals surface area (Å²) in [5.41, 5.74) is 1.11. The zero-order valence-electron chi connectivity index (χ0n) is 21.6. The summed E-state index contributed by atoms with van der Waals surface area (Å²) in [7, 11) is -2.52. The number of hydrogen-bond acceptors (Lipinski definition) is 5. The number of benzene rings is 3. The number of halogens is 1. The van der Waals surface area contributed by atoms with Crippen LogP contribution in [0.3, 0.4) is 0 Å². The van der Waals surface area contributed by atoms with Gasteiger partial charge in [0.05, 0.1) is 17.7 Å². The van der Waals surface area contributed by atoms with Crippen molar-refractivity contribution < 1.29 is 22.7 Å². The molecule has 8 nitrogen and oxygen atoms in total. The molecule has 202 valence electrons. The molecule has 0 spiro atoms. The Morgan fingerprint density at radius 3 is 2.13 bits per heavy atom. The summed E-state index contributed by atoms with van der Waals surface area (Å²) in [4.78, 5) is 28.4. The van der Waals surface area contributed by atoms with Crippen LogP contribution in [0.1, 0.15) is 25.8 Å². The van der Waals surface area contributed by atoms with Gasteiger partial charge < -0.3 is 15.0 Å². The summed E-state index contributed by atoms with van der Waals surface area (Å²) >= 11 is 3.37. The first-order chi connectivity index (χ1) is 18.2. The van der Waals surface area contributed by atoms with E-state index in [2.05, 4.69) is 21.2 Å². The number of amides is 2. The average molecular weight is 603 g/mol. The molecule has 0 aliphatic carbocycles. The molecule has 1 atom stereocenters. The van der Waals surface area contributed by atoms with Gasteiger partial charge in [0.25, 0.3) is 10.0 Å². The third-order valence-electron chi connectivity index (χ3n) is 5.97. The van der Waals surface area contributed by atoms with Crippen molar-refractivity contribution in [1.82, 2.24) is 10.2 Å². The highest BCUT2D eigenvalue weighted by atomic mass is 79.9. The number of nitrogens with zero attached hydrogens (tertiary/aromatic N) is 2. The Morgan fingerprint density at radius 2 is 1.58 bits per heavy atom. The molecule has 0 saturated carbocycles. The first-order valence-electron chi connectivity index (χ1n) is 12.2. The predicted octanol–water partition coefficient (Wildman–Crippen LogP) is 4.60. The second-order valence-electron chi connectivity index (χ2n) is 8.49. The maximum absolute atomic E-state index is 13.9. The molecular formula is C28H32BrN3O5S. The smallest absolute Gasteiger partial charge is 0.264 e. The van der Waals surface area contributed by atoms with Crippen LogP contribution < -0.4 is 14.4 Å². The number of nitrogens with one attached hydrogen (secondary N) is 1. The Balaban J connectivity index is 2.03. The van der Waals surface area contributed by atoms with E-state index in [0.29, 0.717) is 24.4 Å². The summed E-state index contributed by atoms with van der Waals surface area (Å²) in [5.74, 6) is -0.128. The maximum Gasteiger partial charge on any atom is 0.264 e. The second-order valence-corrected chi connectivity index (χ2v) is 11.3. The minimum absolute atomic E-state index is 0.0631. The SMILES string of the molecule is CCNC(=O)[C@@H](CC)N(Cc1ccc(OC)cc1)C(=O)CN(c1ccc(Br)cc1)S(=O)(=O)c1ccccc1. The van der Waals surface area contributed by atoms with E-state index in [4.69, 9.17) is 4.74 Å². The van der Waals surface area contributed by atoms with Crippen molar-refractivity contribution in [3.05, 3.63) is 88.9 Å². The molecule has 38 heavy (non-hydrogen) atoms. The Kier molecular flexibility index (Phi) is 10.3. The van der Waals surface area contributed by atoms with Crippen LogP contribution in [0.4, 0.5) is 5.69 Å². The van der Waals surface area contributed by atoms with Gasteiger partial charge in [-0.25, -0.2) is 8.42 Å². The molecule has 2 amide bonds. The van der Waals surface area contributed by atoms with Gasteiger partial charge in [-0.05, 0) is 67.4 Å². The van der Waals surface area contributed by atoms with Crippen molar-refractivity contribution in [2.45, 2.75) is 37.8 Å². The number of ether oxygens (including phenoxy) is 1. The number of sulfonamides is 1. The average Bonchev–Trinajstić information content (AvgIpc) is 2.93. The lowest BCUT2D eigenvalue weighted by Gasteiger charge is -2.33. The van der Waals surface area contributed by atoms with Crippen LogP contribution in [0.15, 0.2) is 88.2 Å². The Hall–Kier alpha value is -3.37. The largest absolute Gasteiger partial charge is 0.497 e. The molecule has 0 heterocycles. The lowest BCUT2D eigenvalue weighted by molar-refractivity contribution is -0.140. The van der Waals surface area contributed by atoms with Gasteiger partial charge in [0.1, 0.15) is 18.3 Å². The van der Waals surface area contributed by atoms with Crippen LogP contribution in [-0.2, 0) is 26.2 Å². The molecule has 0 aliphatic heterocycles. The highest BCUT2D eigenvalue weighted by Crippen LogP contribution is 2.26. The van der Waals surface area contributed by atoms with E-state index >= 15 is 0 Å². The standard InChI is InChI=1S/C28H32BrN3O5S/c1-4-26(28(34)30-5-2)31(19-21-11-17-24(37-3)18-12-21)27(33)20-32(23-15-13-22(29)14-16-23)38(35,36)25-9-7-6-8-10-25/h6-18,26H,4-5,19-20H2,1-3H3,(H,30,34)/t26-/m1/s1. The van der Waals surface area contributed by atoms with Crippen LogP contribution in [-0.4, -0.2) is 51.4 Å². The van der Waals surface area contributed by atoms with Gasteiger partial charge in [0.2, 0.25) is 11.8 Å². The van der Waals surface area contributed by atoms with E-state index in [1.54, 1.807) is 61.7 Å². The van der Waals surface area contributed by atoms with Gasteiger partial charge in [-0.1, -0.05) is 53.2 Å². The minimum Gasteiger partial charge on any atom is -0.497 e. The van der Waals surface area contributed by atoms with E-state index in [-0.39, 0.29) is 17.3 Å². The van der Waals surface area contributed by atoms with Crippen LogP contribution in [0, 0.1) is 0 Å². The third kappa shape index (κ3) is 7.14. The molecule has 3 rings (SSSR count). The first kappa shape index (κ1) is 29.2. The topological polar surface area (TPSA) is 96.0 Å². The molecule has 0 radical (unpaired) electrons. The van der Waals surface area contributed by atoms with Crippen LogP contribution in [0.2, 0.25) is 0 Å². The van der Waals surface area contributed by atoms with Crippen molar-refractivity contribution in [1.29, 1.82) is 0 Å². The van der Waals surface area contributed by atoms with E-state index in [1.807, 2.05) is 26.0 Å². The van der Waals surface area contributed by atoms with Crippen molar-refractivity contribution in [2.75, 3.05) is 24.5 Å². The second kappa shape index (κ2) is 13.4. The number of carbonyl (C=O) groups is 2. The fraction of sp³-hybridized carbons (Fsp3) is 0.286. The van der Waals surface area contributed by atoms with Crippen molar-refractivity contribution in [3.8, 4) is 5.75 Å². The zero-order chi connectivity index (χ0) is 27.7. The summed E-state index contributed by atoms with van der Waals surface area (Å²) in [6.45, 7) is 3.68. The van der Waals surface area contributed by atoms with Crippen LogP contribution >= 0.6 is 15.9 Å². The van der Waals surface area contributed by atoms with Gasteiger partial charge in [0, 0.05) is 17.6 Å². The predicted molar refractivity (Wildman–Crippen MR) is 151 cm³/mol. The molecule has 3 aromatic carbocycles. The number of rotatable bonds is 12. The summed E-state index contributed by atoms with van der Waals surface area (Å²) in [6.07, 6.45) is 0.359. The summed E-state index contributed by atoms with van der Waals surface area (Å²) in [5, 5.41) is 2.79. The maximum atomic E-state index is 13.9. The fourth-order valence-electron chi connectivity index (χ4n) is 3.99. The molecule has 0 saturated heterocycles. The molecule has 10 heteroatoms. The number of carbonyl (C=O) groups excluding carboxylic acids is 2. The van der Waals surface area contributed by atoms with Crippen LogP contribution in [0.25, 0.3) is 0 Å². The third-order valence-corrected chi connectivity index (χ3v) is 8.29. The van der Waals surface area contributed by atoms with Crippen molar-refractivity contribution >= 4 is 43.5 Å². The van der Waals surface area contributed by atoms with Gasteiger partial charge >= 0.3 is 0 Å². The van der Waals surface area contributed by atoms with E-state index < -0.39 is 28.5 Å². The number of likely N-dealkylation sites (N-methyl/N-ethyl adjacent to an activating group) is 1. The molecule has 0 unspecified atom stereocenters. The van der Waals surface area contributed by atoms with Crippen molar-refractivity contribution in [2.24, 2.45) is 0 Å². The quantitative estimate of drug-likeness (QED) is 0.327. The monoisotopic (exact) mass is 601 g/mol. The number of hydrogen-bond donors (Lipinski definition) is 1. The van der Waals surface area contributed by atoms with E-state index in [1.165, 1.54) is 17.0 Å². The van der Waals surface area contributed by atoms with Crippen LogP contribution in [0.5, 0.6) is 5.75 Å². The highest BCUT2D eigenvalue weighted by molar-refractivity contribution is 9.10. The lowest BCUT2D eigenvalue weighted by Crippen LogP contribution is -2.52. The Morgan fingerprint density at radius 1 is 0.947 bits per heavy atom. The molecule has 3 aromatic rings. The molecule has 0 aromatic heterocycles. The Labute approximate surface area is 232 Å². The van der Waals surface area contributed by atoms with Gasteiger partial charge in [-0.2, -0.15) is 0 Å². The van der Waals surface area contributed by atoms with Gasteiger partial charge in [-0.3, -0.25) is 13.9 Å². The summed E-state index contributed by atoms with van der Waals surface area (Å²) < 4.78 is 34.5. The number of anilines is 1. The zero-order valence-corrected chi connectivity index (χ0v) is 24.0. The summed E-state index contributed by atoms with van der Waals surface area (Å²) in [6, 6.07) is 21.1. The Bertz CT molecular complexity index is 1320. The number of methoxy groups -OCH3 is 1. The molecule has 1 N–H and O–H groups in total. The van der Waals surface area contributed by atoms with E-state index in [0.717, 1.165) is 14.3 Å². The van der Waals surface area contributed by atoms with Gasteiger partial charge in [-0.15, -0.1) is 0 Å².